The molecular formula is C15H24N2O. The number of hydrogen-bond donors (Lipinski definition) is 2. The Morgan fingerprint density at radius 2 is 2.17 bits per heavy atom. The Morgan fingerprint density at radius 1 is 1.33 bits per heavy atom. The van der Waals surface area contributed by atoms with Gasteiger partial charge in [0.05, 0.1) is 12.3 Å². The van der Waals surface area contributed by atoms with Gasteiger partial charge in [0, 0.05) is 12.1 Å². The molecule has 0 aromatic heterocycles. The molecule has 0 bridgehead atoms. The number of rotatable bonds is 5. The zero-order valence-electron chi connectivity index (χ0n) is 11.2. The topological polar surface area (TPSA) is 47.3 Å². The molecule has 3 heteroatoms. The average molecular weight is 248 g/mol. The summed E-state index contributed by atoms with van der Waals surface area (Å²) >= 11 is 0. The van der Waals surface area contributed by atoms with E-state index >= 15 is 0 Å². The van der Waals surface area contributed by atoms with Crippen molar-refractivity contribution in [1.29, 1.82) is 0 Å². The molecule has 1 aromatic carbocycles. The SMILES string of the molecule is CCCOc1ccccc1NC1CCCC(N)C1. The molecule has 1 aromatic rings. The molecule has 0 spiro atoms. The third-order valence-corrected chi connectivity index (χ3v) is 3.42. The van der Waals surface area contributed by atoms with Crippen LogP contribution in [-0.2, 0) is 0 Å². The molecule has 2 unspecified atom stereocenters. The smallest absolute Gasteiger partial charge is 0.142 e. The Morgan fingerprint density at radius 3 is 2.94 bits per heavy atom. The maximum atomic E-state index is 6.03. The fraction of sp³-hybridized carbons (Fsp3) is 0.600. The van der Waals surface area contributed by atoms with Crippen molar-refractivity contribution in [2.75, 3.05) is 11.9 Å². The lowest BCUT2D eigenvalue weighted by Gasteiger charge is -2.28. The summed E-state index contributed by atoms with van der Waals surface area (Å²) in [6, 6.07) is 9.01. The van der Waals surface area contributed by atoms with Gasteiger partial charge < -0.3 is 15.8 Å². The van der Waals surface area contributed by atoms with Crippen LogP contribution in [0.5, 0.6) is 5.75 Å². The lowest BCUT2D eigenvalue weighted by atomic mass is 9.91. The van der Waals surface area contributed by atoms with Gasteiger partial charge >= 0.3 is 0 Å². The summed E-state index contributed by atoms with van der Waals surface area (Å²) in [5.41, 5.74) is 7.13. The molecule has 3 nitrogen and oxygen atoms in total. The minimum absolute atomic E-state index is 0.347. The van der Waals surface area contributed by atoms with Crippen LogP contribution in [-0.4, -0.2) is 18.7 Å². The minimum atomic E-state index is 0.347. The Kier molecular flexibility index (Phi) is 4.88. The lowest BCUT2D eigenvalue weighted by Crippen LogP contribution is -2.34. The van der Waals surface area contributed by atoms with Crippen molar-refractivity contribution in [3.63, 3.8) is 0 Å². The predicted molar refractivity (Wildman–Crippen MR) is 76.1 cm³/mol. The van der Waals surface area contributed by atoms with Gasteiger partial charge in [-0.1, -0.05) is 19.1 Å². The molecule has 1 fully saturated rings. The summed E-state index contributed by atoms with van der Waals surface area (Å²) < 4.78 is 5.76. The monoisotopic (exact) mass is 248 g/mol. The van der Waals surface area contributed by atoms with Gasteiger partial charge in [0.1, 0.15) is 5.75 Å². The van der Waals surface area contributed by atoms with E-state index in [-0.39, 0.29) is 0 Å². The van der Waals surface area contributed by atoms with Crippen molar-refractivity contribution in [2.45, 2.75) is 51.1 Å². The number of para-hydroxylation sites is 2. The van der Waals surface area contributed by atoms with Crippen LogP contribution in [0.15, 0.2) is 24.3 Å². The molecule has 1 aliphatic rings. The highest BCUT2D eigenvalue weighted by molar-refractivity contribution is 5.56. The van der Waals surface area contributed by atoms with E-state index in [4.69, 9.17) is 10.5 Å². The van der Waals surface area contributed by atoms with Gasteiger partial charge in [0.15, 0.2) is 0 Å². The largest absolute Gasteiger partial charge is 0.491 e. The molecule has 1 saturated carbocycles. The second kappa shape index (κ2) is 6.64. The van der Waals surface area contributed by atoms with Crippen molar-refractivity contribution in [3.8, 4) is 5.75 Å². The fourth-order valence-corrected chi connectivity index (χ4v) is 2.50. The van der Waals surface area contributed by atoms with E-state index in [2.05, 4.69) is 18.3 Å². The van der Waals surface area contributed by atoms with E-state index in [9.17, 15) is 0 Å². The number of benzene rings is 1. The first-order valence-electron chi connectivity index (χ1n) is 7.03. The van der Waals surface area contributed by atoms with E-state index in [0.29, 0.717) is 12.1 Å². The van der Waals surface area contributed by atoms with Crippen molar-refractivity contribution in [2.24, 2.45) is 5.73 Å². The molecule has 18 heavy (non-hydrogen) atoms. The number of hydrogen-bond acceptors (Lipinski definition) is 3. The third kappa shape index (κ3) is 3.64. The molecule has 0 aliphatic heterocycles. The second-order valence-electron chi connectivity index (χ2n) is 5.11. The molecule has 3 N–H and O–H groups in total. The second-order valence-corrected chi connectivity index (χ2v) is 5.11. The Hall–Kier alpha value is -1.22. The van der Waals surface area contributed by atoms with Crippen molar-refractivity contribution in [3.05, 3.63) is 24.3 Å². The van der Waals surface area contributed by atoms with Gasteiger partial charge in [0.2, 0.25) is 0 Å². The van der Waals surface area contributed by atoms with Crippen molar-refractivity contribution < 1.29 is 4.74 Å². The molecule has 0 saturated heterocycles. The molecule has 2 atom stereocenters. The first kappa shape index (κ1) is 13.2. The minimum Gasteiger partial charge on any atom is -0.491 e. The van der Waals surface area contributed by atoms with Gasteiger partial charge in [0.25, 0.3) is 0 Å². The van der Waals surface area contributed by atoms with E-state index in [1.807, 2.05) is 18.2 Å². The highest BCUT2D eigenvalue weighted by atomic mass is 16.5. The van der Waals surface area contributed by atoms with Gasteiger partial charge in [-0.3, -0.25) is 0 Å². The highest BCUT2D eigenvalue weighted by Gasteiger charge is 2.19. The molecular weight excluding hydrogens is 224 g/mol. The van der Waals surface area contributed by atoms with E-state index in [0.717, 1.165) is 37.3 Å². The zero-order chi connectivity index (χ0) is 12.8. The fourth-order valence-electron chi connectivity index (χ4n) is 2.50. The highest BCUT2D eigenvalue weighted by Crippen LogP contribution is 2.28. The van der Waals surface area contributed by atoms with Crippen molar-refractivity contribution >= 4 is 5.69 Å². The maximum Gasteiger partial charge on any atom is 0.142 e. The van der Waals surface area contributed by atoms with Crippen LogP contribution >= 0.6 is 0 Å². The molecule has 0 heterocycles. The van der Waals surface area contributed by atoms with Crippen LogP contribution in [0.4, 0.5) is 5.69 Å². The average Bonchev–Trinajstić information content (AvgIpc) is 2.38. The summed E-state index contributed by atoms with van der Waals surface area (Å²) in [4.78, 5) is 0. The van der Waals surface area contributed by atoms with Gasteiger partial charge in [-0.2, -0.15) is 0 Å². The van der Waals surface area contributed by atoms with Crippen LogP contribution in [0.3, 0.4) is 0 Å². The number of nitrogens with one attached hydrogen (secondary N) is 1. The quantitative estimate of drug-likeness (QED) is 0.841. The van der Waals surface area contributed by atoms with Gasteiger partial charge in [-0.05, 0) is 44.2 Å². The number of nitrogens with two attached hydrogens (primary N) is 1. The van der Waals surface area contributed by atoms with Crippen LogP contribution in [0.25, 0.3) is 0 Å². The predicted octanol–water partition coefficient (Wildman–Crippen LogP) is 3.16. The normalized spacial score (nSPS) is 23.7. The Balaban J connectivity index is 1.99. The van der Waals surface area contributed by atoms with Gasteiger partial charge in [-0.25, -0.2) is 0 Å². The summed E-state index contributed by atoms with van der Waals surface area (Å²) in [6.07, 6.45) is 5.67. The van der Waals surface area contributed by atoms with Crippen LogP contribution in [0.1, 0.15) is 39.0 Å². The van der Waals surface area contributed by atoms with Gasteiger partial charge in [-0.15, -0.1) is 0 Å². The first-order chi connectivity index (χ1) is 8.79. The Bertz CT molecular complexity index is 367. The molecule has 1 aliphatic carbocycles. The maximum absolute atomic E-state index is 6.03. The molecule has 100 valence electrons. The standard InChI is InChI=1S/C15H24N2O/c1-2-10-18-15-9-4-3-8-14(15)17-13-7-5-6-12(16)11-13/h3-4,8-9,12-13,17H,2,5-7,10-11,16H2,1H3. The van der Waals surface area contributed by atoms with Crippen LogP contribution < -0.4 is 15.8 Å². The zero-order valence-corrected chi connectivity index (χ0v) is 11.2. The molecule has 0 radical (unpaired) electrons. The first-order valence-corrected chi connectivity index (χ1v) is 7.03. The van der Waals surface area contributed by atoms with Crippen LogP contribution in [0.2, 0.25) is 0 Å². The molecule has 0 amide bonds. The van der Waals surface area contributed by atoms with E-state index in [1.165, 1.54) is 12.8 Å². The molecule has 2 rings (SSSR count). The number of anilines is 1. The summed E-state index contributed by atoms with van der Waals surface area (Å²) in [5, 5.41) is 3.58. The summed E-state index contributed by atoms with van der Waals surface area (Å²) in [5.74, 6) is 0.957. The van der Waals surface area contributed by atoms with Crippen molar-refractivity contribution in [1.82, 2.24) is 0 Å². The number of ether oxygens (including phenoxy) is 1. The third-order valence-electron chi connectivity index (χ3n) is 3.42. The van der Waals surface area contributed by atoms with E-state index in [1.54, 1.807) is 0 Å². The summed E-state index contributed by atoms with van der Waals surface area (Å²) in [6.45, 7) is 2.89. The Labute approximate surface area is 110 Å². The van der Waals surface area contributed by atoms with Crippen LogP contribution in [0, 0.1) is 0 Å². The summed E-state index contributed by atoms with van der Waals surface area (Å²) in [7, 11) is 0. The lowest BCUT2D eigenvalue weighted by molar-refractivity contribution is 0.318. The van der Waals surface area contributed by atoms with E-state index < -0.39 is 0 Å².